The Bertz CT molecular complexity index is 1130. The minimum absolute atomic E-state index is 0.000314. The lowest BCUT2D eigenvalue weighted by Crippen LogP contribution is -2.54. The predicted molar refractivity (Wildman–Crippen MR) is 156 cm³/mol. The fourth-order valence-corrected chi connectivity index (χ4v) is 8.38. The van der Waals surface area contributed by atoms with Crippen LogP contribution in [0, 0.1) is 0 Å². The van der Waals surface area contributed by atoms with Gasteiger partial charge in [-0.3, -0.25) is 0 Å². The monoisotopic (exact) mass is 544 g/mol. The molecule has 1 aromatic heterocycles. The largest absolute Gasteiger partial charge is 0.457 e. The average molecular weight is 545 g/mol. The molecule has 3 atom stereocenters. The molecule has 0 radical (unpaired) electrons. The van der Waals surface area contributed by atoms with Crippen molar-refractivity contribution in [1.82, 2.24) is 0 Å². The number of carbonyl (C=O) groups excluding carboxylic acids is 1. The molecule has 0 amide bonds. The molecule has 2 aromatic rings. The summed E-state index contributed by atoms with van der Waals surface area (Å²) in [6.07, 6.45) is 3.91. The Balaban J connectivity index is 1.69. The van der Waals surface area contributed by atoms with Crippen molar-refractivity contribution in [3.63, 3.8) is 0 Å². The van der Waals surface area contributed by atoms with Crippen LogP contribution in [0.2, 0.25) is 36.3 Å². The van der Waals surface area contributed by atoms with Crippen molar-refractivity contribution in [2.24, 2.45) is 0 Å². The lowest BCUT2D eigenvalue weighted by Gasteiger charge is -2.45. The van der Waals surface area contributed by atoms with Crippen LogP contribution in [0.25, 0.3) is 10.1 Å². The summed E-state index contributed by atoms with van der Waals surface area (Å²) >= 11 is 1.85. The average Bonchev–Trinajstić information content (AvgIpc) is 3.25. The van der Waals surface area contributed by atoms with Crippen molar-refractivity contribution >= 4 is 44.0 Å². The number of hydrogen-bond donors (Lipinski definition) is 0. The van der Waals surface area contributed by atoms with Gasteiger partial charge in [-0.2, -0.15) is 0 Å². The summed E-state index contributed by atoms with van der Waals surface area (Å²) in [5.74, 6) is -0.238. The molecule has 0 N–H and O–H groups in total. The van der Waals surface area contributed by atoms with Crippen LogP contribution < -0.4 is 0 Å². The highest BCUT2D eigenvalue weighted by atomic mass is 32.1. The molecular weight excluding hydrogens is 501 g/mol. The zero-order valence-electron chi connectivity index (χ0n) is 23.8. The SMILES string of the molecule is CC(C)(C)[Si](C)(C)O[C@@H]1C(CCc2cc3ccccc3s2)=C[C@]2(O[Si](C)(C)C(C)(C)C)C[C@H]1OC2=O. The van der Waals surface area contributed by atoms with E-state index in [0.717, 1.165) is 18.4 Å². The van der Waals surface area contributed by atoms with E-state index in [1.807, 2.05) is 11.3 Å². The van der Waals surface area contributed by atoms with E-state index in [0.29, 0.717) is 6.42 Å². The molecule has 4 nitrogen and oxygen atoms in total. The molecule has 1 aromatic carbocycles. The Morgan fingerprint density at radius 1 is 1.00 bits per heavy atom. The highest BCUT2D eigenvalue weighted by molar-refractivity contribution is 7.19. The second-order valence-corrected chi connectivity index (χ2v) is 24.3. The van der Waals surface area contributed by atoms with E-state index in [-0.39, 0.29) is 28.3 Å². The second kappa shape index (κ2) is 9.19. The van der Waals surface area contributed by atoms with Gasteiger partial charge in [0.15, 0.2) is 22.2 Å². The molecule has 198 valence electrons. The molecule has 7 heteroatoms. The van der Waals surface area contributed by atoms with E-state index in [1.54, 1.807) is 0 Å². The van der Waals surface area contributed by atoms with Gasteiger partial charge < -0.3 is 13.6 Å². The number of carbonyl (C=O) groups is 1. The first-order chi connectivity index (χ1) is 16.4. The second-order valence-electron chi connectivity index (χ2n) is 13.7. The third kappa shape index (κ3) is 5.19. The van der Waals surface area contributed by atoms with Gasteiger partial charge in [-0.15, -0.1) is 11.3 Å². The van der Waals surface area contributed by atoms with Crippen LogP contribution in [0.1, 0.15) is 59.3 Å². The van der Waals surface area contributed by atoms with Crippen LogP contribution in [-0.2, 0) is 24.8 Å². The first kappa shape index (κ1) is 27.8. The Morgan fingerprint density at radius 3 is 2.25 bits per heavy atom. The Hall–Kier alpha value is -1.26. The summed E-state index contributed by atoms with van der Waals surface area (Å²) in [5, 5.41) is 1.36. The standard InChI is InChI=1S/C29H44O4SSi2/c1-27(2,3)35(7,8)32-25-21(15-16-22-17-20-13-11-12-14-24(20)34-22)18-29(19-23(25)31-26(29)30)33-36(9,10)28(4,5)6/h11-14,17-18,23,25H,15-16,19H2,1-10H3/t23-,25-,29+/m1/s1. The van der Waals surface area contributed by atoms with Crippen LogP contribution in [0.5, 0.6) is 0 Å². The van der Waals surface area contributed by atoms with Gasteiger partial charge in [0.05, 0.1) is 0 Å². The number of benzene rings is 1. The highest BCUT2D eigenvalue weighted by Crippen LogP contribution is 2.49. The van der Waals surface area contributed by atoms with E-state index >= 15 is 0 Å². The van der Waals surface area contributed by atoms with Crippen LogP contribution in [0.4, 0.5) is 0 Å². The van der Waals surface area contributed by atoms with Gasteiger partial charge in [0.1, 0.15) is 12.2 Å². The molecule has 1 aliphatic carbocycles. The van der Waals surface area contributed by atoms with E-state index in [9.17, 15) is 4.79 Å². The predicted octanol–water partition coefficient (Wildman–Crippen LogP) is 8.24. The fraction of sp³-hybridized carbons (Fsp3) is 0.621. The maximum atomic E-state index is 13.4. The van der Waals surface area contributed by atoms with Gasteiger partial charge in [0.25, 0.3) is 0 Å². The van der Waals surface area contributed by atoms with Gasteiger partial charge in [-0.25, -0.2) is 4.79 Å². The molecule has 1 fully saturated rings. The zero-order valence-corrected chi connectivity index (χ0v) is 26.6. The van der Waals surface area contributed by atoms with E-state index in [1.165, 1.54) is 15.0 Å². The summed E-state index contributed by atoms with van der Waals surface area (Å²) in [7, 11) is -4.31. The number of esters is 1. The molecule has 0 spiro atoms. The van der Waals surface area contributed by atoms with Crippen molar-refractivity contribution < 1.29 is 18.4 Å². The summed E-state index contributed by atoms with van der Waals surface area (Å²) < 4.78 is 21.2. The quantitative estimate of drug-likeness (QED) is 0.200. The molecule has 2 bridgehead atoms. The van der Waals surface area contributed by atoms with Crippen LogP contribution in [0.15, 0.2) is 42.0 Å². The van der Waals surface area contributed by atoms with Crippen molar-refractivity contribution in [2.45, 2.75) is 115 Å². The van der Waals surface area contributed by atoms with Gasteiger partial charge in [-0.05, 0) is 78.3 Å². The molecular formula is C29H44O4SSi2. The fourth-order valence-electron chi connectivity index (χ4n) is 4.58. The number of ether oxygens (including phenoxy) is 1. The third-order valence-corrected chi connectivity index (χ3v) is 19.0. The summed E-state index contributed by atoms with van der Waals surface area (Å²) in [4.78, 5) is 14.8. The third-order valence-electron chi connectivity index (χ3n) is 8.84. The van der Waals surface area contributed by atoms with Gasteiger partial charge >= 0.3 is 5.97 Å². The Kier molecular flexibility index (Phi) is 7.09. The number of hydrogen-bond acceptors (Lipinski definition) is 5. The maximum Gasteiger partial charge on any atom is 0.341 e. The van der Waals surface area contributed by atoms with Crippen molar-refractivity contribution in [1.29, 1.82) is 0 Å². The minimum Gasteiger partial charge on any atom is -0.457 e. The molecule has 0 saturated carbocycles. The van der Waals surface area contributed by atoms with Crippen LogP contribution in [0.3, 0.4) is 0 Å². The summed E-state index contributed by atoms with van der Waals surface area (Å²) in [5.41, 5.74) is 0.175. The van der Waals surface area contributed by atoms with Crippen LogP contribution >= 0.6 is 11.3 Å². The van der Waals surface area contributed by atoms with E-state index in [4.69, 9.17) is 13.6 Å². The molecule has 1 aliphatic heterocycles. The maximum absolute atomic E-state index is 13.4. The molecule has 1 saturated heterocycles. The first-order valence-electron chi connectivity index (χ1n) is 13.2. The number of rotatable bonds is 7. The molecule has 36 heavy (non-hydrogen) atoms. The van der Waals surface area contributed by atoms with Gasteiger partial charge in [0.2, 0.25) is 0 Å². The van der Waals surface area contributed by atoms with E-state index < -0.39 is 22.2 Å². The lowest BCUT2D eigenvalue weighted by molar-refractivity contribution is -0.151. The van der Waals surface area contributed by atoms with Crippen molar-refractivity contribution in [3.05, 3.63) is 46.9 Å². The minimum atomic E-state index is -2.21. The normalized spacial score (nSPS) is 25.3. The number of fused-ring (bicyclic) bond motifs is 3. The van der Waals surface area contributed by atoms with Gasteiger partial charge in [0, 0.05) is 16.0 Å². The lowest BCUT2D eigenvalue weighted by atomic mass is 9.84. The van der Waals surface area contributed by atoms with Crippen molar-refractivity contribution in [2.75, 3.05) is 0 Å². The van der Waals surface area contributed by atoms with Crippen molar-refractivity contribution in [3.8, 4) is 0 Å². The first-order valence-corrected chi connectivity index (χ1v) is 19.9. The van der Waals surface area contributed by atoms with Crippen LogP contribution in [-0.4, -0.2) is 40.4 Å². The highest BCUT2D eigenvalue weighted by Gasteiger charge is 2.59. The number of aryl methyl sites for hydroxylation is 1. The topological polar surface area (TPSA) is 44.8 Å². The Morgan fingerprint density at radius 2 is 1.64 bits per heavy atom. The zero-order chi connectivity index (χ0) is 26.7. The summed E-state index contributed by atoms with van der Waals surface area (Å²) in [6.45, 7) is 22.4. The summed E-state index contributed by atoms with van der Waals surface area (Å²) in [6, 6.07) is 10.8. The van der Waals surface area contributed by atoms with E-state index in [2.05, 4.69) is 104 Å². The molecule has 4 rings (SSSR count). The van der Waals surface area contributed by atoms with Gasteiger partial charge in [-0.1, -0.05) is 59.7 Å². The molecule has 2 aliphatic rings. The molecule has 2 heterocycles. The smallest absolute Gasteiger partial charge is 0.341 e. The molecule has 0 unspecified atom stereocenters. The Labute approximate surface area is 223 Å². The number of thiophene rings is 1.